The molecular formula is C21H27N5O2S. The zero-order valence-electron chi connectivity index (χ0n) is 16.8. The van der Waals surface area contributed by atoms with Crippen LogP contribution in [-0.2, 0) is 9.59 Å². The first-order valence-corrected chi connectivity index (χ1v) is 11.3. The highest BCUT2D eigenvalue weighted by molar-refractivity contribution is 7.99. The number of aromatic nitrogens is 3. The summed E-state index contributed by atoms with van der Waals surface area (Å²) < 4.78 is 2.21. The maximum absolute atomic E-state index is 12.5. The van der Waals surface area contributed by atoms with Gasteiger partial charge in [0.2, 0.25) is 11.8 Å². The first kappa shape index (κ1) is 19.9. The number of rotatable bonds is 6. The largest absolute Gasteiger partial charge is 0.325 e. The van der Waals surface area contributed by atoms with E-state index in [2.05, 4.69) is 20.1 Å². The number of nitrogens with one attached hydrogen (secondary N) is 1. The van der Waals surface area contributed by atoms with Crippen LogP contribution >= 0.6 is 11.8 Å². The van der Waals surface area contributed by atoms with Gasteiger partial charge in [0.25, 0.3) is 0 Å². The molecule has 0 spiro atoms. The fourth-order valence-electron chi connectivity index (χ4n) is 4.21. The molecule has 2 aromatic rings. The van der Waals surface area contributed by atoms with Crippen molar-refractivity contribution in [3.05, 3.63) is 30.1 Å². The van der Waals surface area contributed by atoms with E-state index in [0.29, 0.717) is 18.2 Å². The molecule has 1 saturated carbocycles. The molecule has 4 rings (SSSR count). The van der Waals surface area contributed by atoms with E-state index in [4.69, 9.17) is 0 Å². The Morgan fingerprint density at radius 1 is 1.21 bits per heavy atom. The van der Waals surface area contributed by atoms with Gasteiger partial charge in [-0.1, -0.05) is 37.1 Å². The predicted molar refractivity (Wildman–Crippen MR) is 114 cm³/mol. The van der Waals surface area contributed by atoms with Crippen molar-refractivity contribution in [3.8, 4) is 0 Å². The van der Waals surface area contributed by atoms with Crippen molar-refractivity contribution in [2.24, 2.45) is 0 Å². The second-order valence-electron chi connectivity index (χ2n) is 7.73. The van der Waals surface area contributed by atoms with Crippen molar-refractivity contribution in [1.29, 1.82) is 0 Å². The number of aryl methyl sites for hydroxylation is 1. The number of anilines is 2. The van der Waals surface area contributed by atoms with Gasteiger partial charge < -0.3 is 14.8 Å². The van der Waals surface area contributed by atoms with Gasteiger partial charge >= 0.3 is 0 Å². The molecule has 154 valence electrons. The van der Waals surface area contributed by atoms with Crippen LogP contribution in [0.2, 0.25) is 0 Å². The van der Waals surface area contributed by atoms with E-state index in [1.807, 2.05) is 31.2 Å². The van der Waals surface area contributed by atoms with E-state index in [-0.39, 0.29) is 17.6 Å². The van der Waals surface area contributed by atoms with E-state index < -0.39 is 0 Å². The van der Waals surface area contributed by atoms with Crippen molar-refractivity contribution < 1.29 is 9.59 Å². The Kier molecular flexibility index (Phi) is 6.18. The third-order valence-corrected chi connectivity index (χ3v) is 6.57. The molecule has 2 aliphatic rings. The molecule has 1 aromatic carbocycles. The van der Waals surface area contributed by atoms with Crippen LogP contribution in [-0.4, -0.2) is 38.9 Å². The number of amides is 2. The summed E-state index contributed by atoms with van der Waals surface area (Å²) in [6.07, 6.45) is 7.55. The summed E-state index contributed by atoms with van der Waals surface area (Å²) in [4.78, 5) is 26.2. The van der Waals surface area contributed by atoms with Gasteiger partial charge in [0, 0.05) is 30.4 Å². The molecule has 0 unspecified atom stereocenters. The molecule has 2 heterocycles. The van der Waals surface area contributed by atoms with Gasteiger partial charge in [-0.3, -0.25) is 9.59 Å². The molecule has 2 fully saturated rings. The Bertz CT molecular complexity index is 891. The van der Waals surface area contributed by atoms with Gasteiger partial charge in [0.15, 0.2) is 5.16 Å². The van der Waals surface area contributed by atoms with E-state index >= 15 is 0 Å². The average molecular weight is 414 g/mol. The molecule has 1 aliphatic carbocycles. The lowest BCUT2D eigenvalue weighted by atomic mass is 9.95. The third-order valence-electron chi connectivity index (χ3n) is 5.62. The second-order valence-corrected chi connectivity index (χ2v) is 8.67. The lowest BCUT2D eigenvalue weighted by molar-refractivity contribution is -0.117. The lowest BCUT2D eigenvalue weighted by Crippen LogP contribution is -2.24. The van der Waals surface area contributed by atoms with Crippen molar-refractivity contribution in [1.82, 2.24) is 14.8 Å². The topological polar surface area (TPSA) is 80.1 Å². The molecule has 1 aromatic heterocycles. The van der Waals surface area contributed by atoms with Gasteiger partial charge in [-0.15, -0.1) is 10.2 Å². The fourth-order valence-corrected chi connectivity index (χ4v) is 5.06. The van der Waals surface area contributed by atoms with Gasteiger partial charge in [0.05, 0.1) is 5.75 Å². The van der Waals surface area contributed by atoms with Crippen LogP contribution in [0.25, 0.3) is 0 Å². The maximum atomic E-state index is 12.5. The number of hydrogen-bond donors (Lipinski definition) is 1. The van der Waals surface area contributed by atoms with Crippen molar-refractivity contribution in [2.45, 2.75) is 63.1 Å². The molecule has 7 nitrogen and oxygen atoms in total. The van der Waals surface area contributed by atoms with Crippen molar-refractivity contribution >= 4 is 35.0 Å². The number of thioether (sulfide) groups is 1. The smallest absolute Gasteiger partial charge is 0.234 e. The summed E-state index contributed by atoms with van der Waals surface area (Å²) in [6.45, 7) is 2.72. The number of carbonyl (C=O) groups is 2. The minimum atomic E-state index is -0.0873. The van der Waals surface area contributed by atoms with Gasteiger partial charge in [-0.25, -0.2) is 0 Å². The number of hydrogen-bond acceptors (Lipinski definition) is 5. The Morgan fingerprint density at radius 3 is 2.79 bits per heavy atom. The van der Waals surface area contributed by atoms with Gasteiger partial charge in [0.1, 0.15) is 5.82 Å². The molecule has 8 heteroatoms. The molecule has 0 radical (unpaired) electrons. The minimum Gasteiger partial charge on any atom is -0.325 e. The van der Waals surface area contributed by atoms with Crippen LogP contribution in [0, 0.1) is 6.92 Å². The minimum absolute atomic E-state index is 0.0873. The van der Waals surface area contributed by atoms with E-state index in [9.17, 15) is 9.59 Å². The molecule has 2 amide bonds. The highest BCUT2D eigenvalue weighted by Gasteiger charge is 2.23. The van der Waals surface area contributed by atoms with Crippen molar-refractivity contribution in [3.63, 3.8) is 0 Å². The van der Waals surface area contributed by atoms with Gasteiger partial charge in [-0.05, 0) is 44.4 Å². The van der Waals surface area contributed by atoms with Gasteiger partial charge in [-0.2, -0.15) is 0 Å². The number of nitrogens with zero attached hydrogens (tertiary/aromatic N) is 4. The van der Waals surface area contributed by atoms with Crippen LogP contribution in [0.3, 0.4) is 0 Å². The van der Waals surface area contributed by atoms with Crippen molar-refractivity contribution in [2.75, 3.05) is 22.5 Å². The standard InChI is InChI=1S/C21H27N5O2S/c1-15-23-24-21(26(15)17-8-3-2-4-9-17)29-14-19(27)22-16-7-5-10-18(13-16)25-12-6-11-20(25)28/h5,7,10,13,17H,2-4,6,8-9,11-12,14H2,1H3,(H,22,27). The predicted octanol–water partition coefficient (Wildman–Crippen LogP) is 3.95. The zero-order valence-corrected chi connectivity index (χ0v) is 17.6. The Morgan fingerprint density at radius 2 is 2.03 bits per heavy atom. The van der Waals surface area contributed by atoms with Crippen LogP contribution < -0.4 is 10.2 Å². The molecule has 1 aliphatic heterocycles. The number of carbonyl (C=O) groups excluding carboxylic acids is 2. The summed E-state index contributed by atoms with van der Waals surface area (Å²) in [6, 6.07) is 7.93. The summed E-state index contributed by atoms with van der Waals surface area (Å²) in [5.41, 5.74) is 1.54. The molecule has 29 heavy (non-hydrogen) atoms. The van der Waals surface area contributed by atoms with E-state index in [1.54, 1.807) is 4.90 Å². The average Bonchev–Trinajstić information content (AvgIpc) is 3.32. The van der Waals surface area contributed by atoms with Crippen LogP contribution in [0.15, 0.2) is 29.4 Å². The maximum Gasteiger partial charge on any atom is 0.234 e. The first-order valence-electron chi connectivity index (χ1n) is 10.4. The third kappa shape index (κ3) is 4.63. The second kappa shape index (κ2) is 8.98. The highest BCUT2D eigenvalue weighted by Crippen LogP contribution is 2.32. The number of benzene rings is 1. The summed E-state index contributed by atoms with van der Waals surface area (Å²) in [5.74, 6) is 1.25. The molecule has 1 N–H and O–H groups in total. The van der Waals surface area contributed by atoms with Crippen LogP contribution in [0.1, 0.15) is 56.8 Å². The Labute approximate surface area is 175 Å². The first-order chi connectivity index (χ1) is 14.1. The van der Waals surface area contributed by atoms with Crippen LogP contribution in [0.4, 0.5) is 11.4 Å². The molecule has 1 saturated heterocycles. The summed E-state index contributed by atoms with van der Waals surface area (Å²) >= 11 is 1.43. The Hall–Kier alpha value is -2.35. The summed E-state index contributed by atoms with van der Waals surface area (Å²) in [7, 11) is 0. The van der Waals surface area contributed by atoms with E-state index in [1.165, 1.54) is 31.0 Å². The SMILES string of the molecule is Cc1nnc(SCC(=O)Nc2cccc(N3CCCC3=O)c2)n1C1CCCCC1. The monoisotopic (exact) mass is 413 g/mol. The van der Waals surface area contributed by atoms with Crippen LogP contribution in [0.5, 0.6) is 0 Å². The zero-order chi connectivity index (χ0) is 20.2. The lowest BCUT2D eigenvalue weighted by Gasteiger charge is -2.24. The highest BCUT2D eigenvalue weighted by atomic mass is 32.2. The molecular weight excluding hydrogens is 386 g/mol. The molecule has 0 atom stereocenters. The summed E-state index contributed by atoms with van der Waals surface area (Å²) in [5, 5.41) is 12.3. The normalized spacial score (nSPS) is 17.7. The molecule has 0 bridgehead atoms. The Balaban J connectivity index is 1.37. The quantitative estimate of drug-likeness (QED) is 0.726. The fraction of sp³-hybridized carbons (Fsp3) is 0.524. The van der Waals surface area contributed by atoms with E-state index in [0.717, 1.165) is 42.5 Å².